The maximum Gasteiger partial charge on any atom is 0.431 e. The van der Waals surface area contributed by atoms with Crippen LogP contribution in [0.15, 0.2) is 170 Å². The van der Waals surface area contributed by atoms with Crippen LogP contribution in [0.25, 0.3) is 33.4 Å². The zero-order valence-corrected chi connectivity index (χ0v) is 49.7. The van der Waals surface area contributed by atoms with Crippen molar-refractivity contribution in [1.29, 1.82) is 0 Å². The Kier molecular flexibility index (Phi) is 23.0. The first kappa shape index (κ1) is 63.0. The third-order valence-corrected chi connectivity index (χ3v) is 14.9. The van der Waals surface area contributed by atoms with E-state index in [1.54, 1.807) is 52.0 Å². The third-order valence-electron chi connectivity index (χ3n) is 14.2. The van der Waals surface area contributed by atoms with Crippen LogP contribution in [-0.2, 0) is 33.5 Å². The Morgan fingerprint density at radius 2 is 0.726 bits per heavy atom. The van der Waals surface area contributed by atoms with Crippen molar-refractivity contribution in [2.45, 2.75) is 71.4 Å². The molecule has 0 spiro atoms. The number of halogens is 1. The van der Waals surface area contributed by atoms with Crippen molar-refractivity contribution >= 4 is 58.7 Å². The highest BCUT2D eigenvalue weighted by molar-refractivity contribution is 14.1. The number of aromatic carboxylic acids is 1. The van der Waals surface area contributed by atoms with Gasteiger partial charge in [-0.05, 0) is 139 Å². The van der Waals surface area contributed by atoms with Gasteiger partial charge in [0.15, 0.2) is 0 Å². The number of aliphatic carboxylic acids is 1. The molecule has 7 aromatic carbocycles. The Morgan fingerprint density at radius 1 is 0.429 bits per heavy atom. The normalized spacial score (nSPS) is 12.9. The largest absolute Gasteiger partial charge is 0.480 e. The molecule has 84 heavy (non-hydrogen) atoms. The molecular formula is C66H69IN4O13. The highest BCUT2D eigenvalue weighted by Crippen LogP contribution is 2.47. The van der Waals surface area contributed by atoms with Gasteiger partial charge in [0.2, 0.25) is 0 Å². The van der Waals surface area contributed by atoms with Crippen LogP contribution < -0.4 is 21.6 Å². The SMILES string of the molecule is CC(C)C(NC(=O)OCC1c2ccccc2-c2ccccc21)C(=O)O.CCONC(=O)OCC1c2ccccc2-c2ccccc21.CCONC(=O)[C@@H](NC(=O)OCC1c2ccccc2-c2ccccc21)C(C)C.O=C(O)c1ccc(I)cc1. The van der Waals surface area contributed by atoms with Gasteiger partial charge in [-0.15, -0.1) is 0 Å². The molecule has 6 N–H and O–H groups in total. The van der Waals surface area contributed by atoms with Gasteiger partial charge in [0.05, 0.1) is 18.8 Å². The molecule has 0 aliphatic heterocycles. The fraction of sp³-hybridized carbons (Fsp3) is 0.273. The van der Waals surface area contributed by atoms with Crippen LogP contribution in [-0.4, -0.2) is 91.5 Å². The predicted molar refractivity (Wildman–Crippen MR) is 327 cm³/mol. The molecule has 0 radical (unpaired) electrons. The zero-order chi connectivity index (χ0) is 60.3. The fourth-order valence-electron chi connectivity index (χ4n) is 10.1. The summed E-state index contributed by atoms with van der Waals surface area (Å²) in [6.07, 6.45) is -1.88. The molecule has 4 amide bonds. The van der Waals surface area contributed by atoms with E-state index in [-0.39, 0.29) is 42.8 Å². The van der Waals surface area contributed by atoms with Gasteiger partial charge >= 0.3 is 30.2 Å². The minimum absolute atomic E-state index is 0.0205. The van der Waals surface area contributed by atoms with Crippen molar-refractivity contribution in [2.75, 3.05) is 33.0 Å². The standard InChI is InChI=1S/C22H26N2O4.C20H21NO4.C17H17NO3.C7H5IO2/c1-4-28-24-21(25)20(14(2)3)23-22(26)27-13-19-17-11-7-5-9-15(17)16-10-6-8-12-18(16)19;1-12(2)18(19(22)23)21-20(24)25-11-17-15-9-5-3-7-13(15)14-8-4-6-10-16(14)17;1-2-21-18-17(19)20-11-16-14-9-5-3-7-12(14)13-8-4-6-10-15(13)16;8-6-3-1-5(2-4-6)7(9)10/h5-12,14,19-20H,4,13H2,1-3H3,(H,23,26)(H,24,25);3-10,12,17-18H,11H2,1-2H3,(H,21,24)(H,22,23);3-10,16H,2,11H2,1H3,(H,18,19);1-4H,(H,9,10)/t20-;;;/m0.../s1. The first-order chi connectivity index (χ1) is 40.5. The number of hydrogen-bond acceptors (Lipinski definition) is 11. The number of benzene rings is 7. The van der Waals surface area contributed by atoms with Crippen LogP contribution >= 0.6 is 22.6 Å². The topological polar surface area (TPSA) is 237 Å². The zero-order valence-electron chi connectivity index (χ0n) is 47.5. The van der Waals surface area contributed by atoms with Crippen LogP contribution in [0.2, 0.25) is 0 Å². The van der Waals surface area contributed by atoms with Crippen LogP contribution in [0.4, 0.5) is 14.4 Å². The Bertz CT molecular complexity index is 3270. The van der Waals surface area contributed by atoms with E-state index >= 15 is 0 Å². The molecule has 0 saturated carbocycles. The van der Waals surface area contributed by atoms with E-state index in [0.717, 1.165) is 37.0 Å². The minimum Gasteiger partial charge on any atom is -0.480 e. The van der Waals surface area contributed by atoms with Gasteiger partial charge in [-0.2, -0.15) is 5.48 Å². The second kappa shape index (κ2) is 30.6. The molecule has 18 heteroatoms. The first-order valence-electron chi connectivity index (χ1n) is 27.6. The van der Waals surface area contributed by atoms with Gasteiger partial charge in [-0.3, -0.25) is 14.5 Å². The molecule has 0 saturated heterocycles. The predicted octanol–water partition coefficient (Wildman–Crippen LogP) is 12.7. The molecule has 2 atom stereocenters. The maximum atomic E-state index is 12.4. The van der Waals surface area contributed by atoms with Crippen LogP contribution in [0.5, 0.6) is 0 Å². The van der Waals surface area contributed by atoms with Gasteiger partial charge in [-0.1, -0.05) is 173 Å². The van der Waals surface area contributed by atoms with Gasteiger partial charge in [-0.25, -0.2) is 29.5 Å². The van der Waals surface area contributed by atoms with Crippen molar-refractivity contribution in [2.24, 2.45) is 11.8 Å². The second-order valence-electron chi connectivity index (χ2n) is 20.3. The highest BCUT2D eigenvalue weighted by Gasteiger charge is 2.33. The van der Waals surface area contributed by atoms with Crippen molar-refractivity contribution < 1.29 is 62.9 Å². The molecule has 0 bridgehead atoms. The number of alkyl carbamates (subject to hydrolysis) is 2. The van der Waals surface area contributed by atoms with Gasteiger partial charge in [0.1, 0.15) is 31.9 Å². The monoisotopic (exact) mass is 1250 g/mol. The lowest BCUT2D eigenvalue weighted by atomic mass is 9.98. The van der Waals surface area contributed by atoms with Crippen LogP contribution in [0.3, 0.4) is 0 Å². The van der Waals surface area contributed by atoms with Crippen molar-refractivity contribution in [1.82, 2.24) is 21.6 Å². The number of amides is 4. The molecule has 0 aromatic heterocycles. The number of fused-ring (bicyclic) bond motifs is 9. The van der Waals surface area contributed by atoms with Gasteiger partial charge in [0.25, 0.3) is 5.91 Å². The number of hydroxylamine groups is 2. The fourth-order valence-corrected chi connectivity index (χ4v) is 10.5. The summed E-state index contributed by atoms with van der Waals surface area (Å²) >= 11 is 2.13. The summed E-state index contributed by atoms with van der Waals surface area (Å²) in [5.74, 6) is -2.66. The summed E-state index contributed by atoms with van der Waals surface area (Å²) in [5.41, 5.74) is 18.9. The number of hydrogen-bond donors (Lipinski definition) is 6. The second-order valence-corrected chi connectivity index (χ2v) is 21.5. The average Bonchev–Trinajstić information content (AvgIpc) is 2.34. The quantitative estimate of drug-likeness (QED) is 0.0283. The summed E-state index contributed by atoms with van der Waals surface area (Å²) in [6.45, 7) is 12.2. The Hall–Kier alpha value is -8.59. The number of carbonyl (C=O) groups excluding carboxylic acids is 4. The molecule has 0 heterocycles. The number of rotatable bonds is 17. The number of carbonyl (C=O) groups is 6. The van der Waals surface area contributed by atoms with E-state index in [9.17, 15) is 28.8 Å². The van der Waals surface area contributed by atoms with E-state index in [0.29, 0.717) is 25.4 Å². The molecule has 1 unspecified atom stereocenters. The van der Waals surface area contributed by atoms with Gasteiger partial charge < -0.3 is 35.1 Å². The molecule has 3 aliphatic carbocycles. The Morgan fingerprint density at radius 3 is 1.02 bits per heavy atom. The van der Waals surface area contributed by atoms with E-state index < -0.39 is 48.2 Å². The van der Waals surface area contributed by atoms with E-state index in [1.807, 2.05) is 98.8 Å². The maximum absolute atomic E-state index is 12.4. The lowest BCUT2D eigenvalue weighted by Gasteiger charge is -2.22. The summed E-state index contributed by atoms with van der Waals surface area (Å²) in [5, 5.41) is 22.7. The van der Waals surface area contributed by atoms with Gasteiger partial charge in [0, 0.05) is 21.3 Å². The molecule has 7 aromatic rings. The third kappa shape index (κ3) is 16.1. The summed E-state index contributed by atoms with van der Waals surface area (Å²) in [7, 11) is 0. The number of carboxylic acid groups (broad SMARTS) is 2. The summed E-state index contributed by atoms with van der Waals surface area (Å²) < 4.78 is 17.2. The molecular weight excluding hydrogens is 1180 g/mol. The summed E-state index contributed by atoms with van der Waals surface area (Å²) in [4.78, 5) is 79.4. The van der Waals surface area contributed by atoms with Crippen molar-refractivity contribution in [3.8, 4) is 33.4 Å². The van der Waals surface area contributed by atoms with E-state index in [1.165, 1.54) is 33.4 Å². The van der Waals surface area contributed by atoms with Crippen molar-refractivity contribution in [3.63, 3.8) is 0 Å². The van der Waals surface area contributed by atoms with Crippen LogP contribution in [0.1, 0.15) is 103 Å². The molecule has 438 valence electrons. The number of ether oxygens (including phenoxy) is 3. The average molecular weight is 1250 g/mol. The lowest BCUT2D eigenvalue weighted by Crippen LogP contribution is -2.49. The van der Waals surface area contributed by atoms with Crippen LogP contribution in [0, 0.1) is 15.4 Å². The molecule has 3 aliphatic rings. The Balaban J connectivity index is 0.000000168. The first-order valence-corrected chi connectivity index (χ1v) is 28.7. The van der Waals surface area contributed by atoms with E-state index in [2.05, 4.69) is 105 Å². The minimum atomic E-state index is -1.07. The summed E-state index contributed by atoms with van der Waals surface area (Å²) in [6, 6.07) is 53.9. The number of nitrogens with one attached hydrogen (secondary N) is 4. The lowest BCUT2D eigenvalue weighted by molar-refractivity contribution is -0.140. The van der Waals surface area contributed by atoms with E-state index in [4.69, 9.17) is 34.1 Å². The number of carboxylic acids is 2. The molecule has 17 nitrogen and oxygen atoms in total. The smallest absolute Gasteiger partial charge is 0.431 e. The Labute approximate surface area is 502 Å². The highest BCUT2D eigenvalue weighted by atomic mass is 127. The molecule has 0 fully saturated rings. The van der Waals surface area contributed by atoms with Crippen molar-refractivity contribution in [3.05, 3.63) is 212 Å². The molecule has 10 rings (SSSR count).